The van der Waals surface area contributed by atoms with Crippen molar-refractivity contribution in [2.24, 2.45) is 4.99 Å². The van der Waals surface area contributed by atoms with Crippen LogP contribution in [0.5, 0.6) is 5.75 Å². The summed E-state index contributed by atoms with van der Waals surface area (Å²) in [5.74, 6) is 0.663. The molecule has 0 unspecified atom stereocenters. The summed E-state index contributed by atoms with van der Waals surface area (Å²) in [6, 6.07) is 30.0. The highest BCUT2D eigenvalue weighted by Crippen LogP contribution is 2.42. The molecular weight excluding hydrogens is 653 g/mol. The van der Waals surface area contributed by atoms with Crippen LogP contribution in [0.25, 0.3) is 0 Å². The van der Waals surface area contributed by atoms with Crippen LogP contribution in [-0.2, 0) is 22.5 Å². The van der Waals surface area contributed by atoms with Crippen molar-refractivity contribution in [1.29, 1.82) is 0 Å². The minimum Gasteiger partial charge on any atom is -0.494 e. The Hall–Kier alpha value is -3.40. The molecule has 0 saturated carbocycles. The molecule has 0 aliphatic carbocycles. The fourth-order valence-electron chi connectivity index (χ4n) is 4.82. The van der Waals surface area contributed by atoms with Gasteiger partial charge in [0.2, 0.25) is 5.90 Å². The molecule has 4 aromatic rings. The number of hydrazine groups is 1. The lowest BCUT2D eigenvalue weighted by Gasteiger charge is -2.31. The predicted octanol–water partition coefficient (Wildman–Crippen LogP) is 6.84. The van der Waals surface area contributed by atoms with Crippen LogP contribution >= 0.6 is 39.1 Å². The largest absolute Gasteiger partial charge is 0.494 e. The third kappa shape index (κ3) is 7.58. The van der Waals surface area contributed by atoms with Crippen molar-refractivity contribution in [3.05, 3.63) is 134 Å². The lowest BCUT2D eigenvalue weighted by Crippen LogP contribution is -2.53. The Labute approximate surface area is 269 Å². The van der Waals surface area contributed by atoms with Crippen molar-refractivity contribution in [1.82, 2.24) is 10.9 Å². The van der Waals surface area contributed by atoms with Crippen molar-refractivity contribution >= 4 is 50.9 Å². The molecule has 7 nitrogen and oxygen atoms in total. The molecule has 1 aliphatic heterocycles. The number of nitrogens with one attached hydrogen (secondary N) is 2. The highest BCUT2D eigenvalue weighted by atomic mass is 79.9. The van der Waals surface area contributed by atoms with E-state index in [0.717, 1.165) is 21.2 Å². The Bertz CT molecular complexity index is 1570. The Morgan fingerprint density at radius 3 is 2.44 bits per heavy atom. The van der Waals surface area contributed by atoms with Gasteiger partial charge in [-0.3, -0.25) is 10.2 Å². The Balaban J connectivity index is 1.49. The van der Waals surface area contributed by atoms with Gasteiger partial charge in [0.05, 0.1) is 6.61 Å². The standard InChI is InChI=1S/C33H30BrCl2N3O4/c34-26-12-7-22(8-13-26)20-33(32(41)39-37-21-25-9-14-27(35)19-29(25)36)30(23-5-2-1-3-6-23)43-31(38-33)24-10-15-28(16-11-24)42-18-4-17-40/h1-3,5-16,19,30,37,40H,4,17-18,20-21H2,(H,39,41)/t30-,33-/m0/s1. The molecule has 43 heavy (non-hydrogen) atoms. The van der Waals surface area contributed by atoms with Crippen LogP contribution in [0.2, 0.25) is 10.0 Å². The first-order valence-electron chi connectivity index (χ1n) is 13.8. The number of aliphatic imine (C=N–C) groups is 1. The number of nitrogens with zero attached hydrogens (tertiary/aromatic N) is 1. The second-order valence-corrected chi connectivity index (χ2v) is 11.8. The van der Waals surface area contributed by atoms with E-state index in [1.807, 2.05) is 78.9 Å². The van der Waals surface area contributed by atoms with E-state index in [4.69, 9.17) is 42.8 Å². The van der Waals surface area contributed by atoms with E-state index >= 15 is 0 Å². The van der Waals surface area contributed by atoms with E-state index in [2.05, 4.69) is 26.8 Å². The number of carbonyl (C=O) groups excluding carboxylic acids is 1. The number of aliphatic hydroxyl groups excluding tert-OH is 1. The molecule has 3 N–H and O–H groups in total. The Morgan fingerprint density at radius 1 is 1.00 bits per heavy atom. The number of aliphatic hydroxyl groups is 1. The van der Waals surface area contributed by atoms with Gasteiger partial charge < -0.3 is 14.6 Å². The second kappa shape index (κ2) is 14.4. The number of halogens is 3. The van der Waals surface area contributed by atoms with Crippen LogP contribution in [0.1, 0.15) is 34.8 Å². The molecule has 1 heterocycles. The quantitative estimate of drug-likeness (QED) is 0.112. The van der Waals surface area contributed by atoms with Gasteiger partial charge in [0.25, 0.3) is 5.91 Å². The lowest BCUT2D eigenvalue weighted by atomic mass is 9.82. The fraction of sp³-hybridized carbons (Fsp3) is 0.212. The number of benzene rings is 4. The van der Waals surface area contributed by atoms with Crippen molar-refractivity contribution < 1.29 is 19.4 Å². The summed E-state index contributed by atoms with van der Waals surface area (Å²) in [4.78, 5) is 19.3. The van der Waals surface area contributed by atoms with E-state index in [-0.39, 0.29) is 25.5 Å². The summed E-state index contributed by atoms with van der Waals surface area (Å²) in [5.41, 5.74) is 7.78. The molecule has 4 aromatic carbocycles. The number of ether oxygens (including phenoxy) is 2. The maximum absolute atomic E-state index is 14.3. The average Bonchev–Trinajstić information content (AvgIpc) is 3.41. The maximum Gasteiger partial charge on any atom is 0.266 e. The van der Waals surface area contributed by atoms with Crippen LogP contribution in [0.4, 0.5) is 0 Å². The number of rotatable bonds is 12. The highest BCUT2D eigenvalue weighted by molar-refractivity contribution is 9.10. The summed E-state index contributed by atoms with van der Waals surface area (Å²) in [6.07, 6.45) is 0.108. The number of amides is 1. The minimum absolute atomic E-state index is 0.0632. The maximum atomic E-state index is 14.3. The Kier molecular flexibility index (Phi) is 10.4. The number of hydrogen-bond acceptors (Lipinski definition) is 6. The molecule has 0 fully saturated rings. The lowest BCUT2D eigenvalue weighted by molar-refractivity contribution is -0.130. The molecule has 10 heteroatoms. The zero-order valence-corrected chi connectivity index (χ0v) is 26.2. The number of hydrogen-bond donors (Lipinski definition) is 3. The highest BCUT2D eigenvalue weighted by Gasteiger charge is 2.53. The number of carbonyl (C=O) groups is 1. The van der Waals surface area contributed by atoms with Gasteiger partial charge in [-0.1, -0.05) is 87.7 Å². The van der Waals surface area contributed by atoms with E-state index < -0.39 is 11.6 Å². The molecule has 0 bridgehead atoms. The minimum atomic E-state index is -1.35. The van der Waals surface area contributed by atoms with E-state index in [0.29, 0.717) is 40.3 Å². The molecule has 1 aliphatic rings. The summed E-state index contributed by atoms with van der Waals surface area (Å²) >= 11 is 15.9. The molecule has 2 atom stereocenters. The van der Waals surface area contributed by atoms with Crippen LogP contribution in [-0.4, -0.2) is 35.7 Å². The van der Waals surface area contributed by atoms with Crippen LogP contribution in [0.3, 0.4) is 0 Å². The summed E-state index contributed by atoms with van der Waals surface area (Å²) in [5, 5.41) is 10.1. The average molecular weight is 683 g/mol. The third-order valence-electron chi connectivity index (χ3n) is 7.02. The first kappa shape index (κ1) is 31.0. The van der Waals surface area contributed by atoms with E-state index in [1.54, 1.807) is 18.2 Å². The van der Waals surface area contributed by atoms with E-state index in [9.17, 15) is 4.79 Å². The first-order valence-corrected chi connectivity index (χ1v) is 15.3. The van der Waals surface area contributed by atoms with Crippen LogP contribution in [0.15, 0.2) is 107 Å². The molecule has 222 valence electrons. The molecule has 0 saturated heterocycles. The van der Waals surface area contributed by atoms with Gasteiger partial charge in [-0.15, -0.1) is 0 Å². The molecule has 0 radical (unpaired) electrons. The van der Waals surface area contributed by atoms with E-state index in [1.165, 1.54) is 0 Å². The van der Waals surface area contributed by atoms with Gasteiger partial charge in [0.15, 0.2) is 11.6 Å². The molecular formula is C33H30BrCl2N3O4. The zero-order chi connectivity index (χ0) is 30.2. The topological polar surface area (TPSA) is 92.2 Å². The normalized spacial score (nSPS) is 17.7. The van der Waals surface area contributed by atoms with Gasteiger partial charge in [-0.25, -0.2) is 10.4 Å². The SMILES string of the molecule is O=C(NNCc1ccc(Cl)cc1Cl)[C@@]1(Cc2ccc(Br)cc2)N=C(c2ccc(OCCCO)cc2)O[C@H]1c1ccccc1. The van der Waals surface area contributed by atoms with Crippen molar-refractivity contribution in [2.45, 2.75) is 31.0 Å². The van der Waals surface area contributed by atoms with Gasteiger partial charge in [0.1, 0.15) is 5.75 Å². The molecule has 0 spiro atoms. The summed E-state index contributed by atoms with van der Waals surface area (Å²) < 4.78 is 13.2. The summed E-state index contributed by atoms with van der Waals surface area (Å²) in [6.45, 7) is 0.753. The second-order valence-electron chi connectivity index (χ2n) is 10.0. The molecule has 0 aromatic heterocycles. The molecule has 1 amide bonds. The van der Waals surface area contributed by atoms with Crippen molar-refractivity contribution in [2.75, 3.05) is 13.2 Å². The van der Waals surface area contributed by atoms with Gasteiger partial charge >= 0.3 is 0 Å². The van der Waals surface area contributed by atoms with Gasteiger partial charge in [-0.2, -0.15) is 0 Å². The van der Waals surface area contributed by atoms with Crippen molar-refractivity contribution in [3.8, 4) is 5.75 Å². The monoisotopic (exact) mass is 681 g/mol. The smallest absolute Gasteiger partial charge is 0.266 e. The first-order chi connectivity index (χ1) is 20.9. The third-order valence-corrected chi connectivity index (χ3v) is 8.13. The predicted molar refractivity (Wildman–Crippen MR) is 172 cm³/mol. The van der Waals surface area contributed by atoms with Crippen LogP contribution < -0.4 is 15.6 Å². The zero-order valence-electron chi connectivity index (χ0n) is 23.1. The fourth-order valence-corrected chi connectivity index (χ4v) is 5.56. The molecule has 5 rings (SSSR count). The van der Waals surface area contributed by atoms with Gasteiger partial charge in [0, 0.05) is 46.1 Å². The van der Waals surface area contributed by atoms with Crippen molar-refractivity contribution in [3.63, 3.8) is 0 Å². The van der Waals surface area contributed by atoms with Gasteiger partial charge in [-0.05, 0) is 65.2 Å². The summed E-state index contributed by atoms with van der Waals surface area (Å²) in [7, 11) is 0. The van der Waals surface area contributed by atoms with Crippen LogP contribution in [0, 0.1) is 0 Å². The Morgan fingerprint density at radius 2 is 1.74 bits per heavy atom.